The van der Waals surface area contributed by atoms with Crippen molar-refractivity contribution >= 4 is 34.3 Å². The molecular weight excluding hydrogens is 344 g/mol. The van der Waals surface area contributed by atoms with Gasteiger partial charge in [-0.05, 0) is 18.2 Å². The lowest BCUT2D eigenvalue weighted by Gasteiger charge is -2.21. The number of rotatable bonds is 6. The second kappa shape index (κ2) is 8.06. The van der Waals surface area contributed by atoms with Gasteiger partial charge in [0.1, 0.15) is 0 Å². The number of hydrogen-bond acceptors (Lipinski definition) is 3. The number of nitrogens with zero attached hydrogens (tertiary/aromatic N) is 2. The van der Waals surface area contributed by atoms with Crippen molar-refractivity contribution in [3.8, 4) is 0 Å². The number of aryl methyl sites for hydroxylation is 1. The van der Waals surface area contributed by atoms with Crippen molar-refractivity contribution in [2.45, 2.75) is 4.90 Å². The highest BCUT2D eigenvalue weighted by atomic mass is 32.2. The van der Waals surface area contributed by atoms with Gasteiger partial charge in [-0.15, -0.1) is 18.3 Å². The fourth-order valence-corrected chi connectivity index (χ4v) is 3.75. The summed E-state index contributed by atoms with van der Waals surface area (Å²) in [6.07, 6.45) is 1.71. The van der Waals surface area contributed by atoms with Crippen molar-refractivity contribution in [3.05, 3.63) is 83.7 Å². The van der Waals surface area contributed by atoms with E-state index in [1.54, 1.807) is 28.7 Å². The number of hydrogen-bond donors (Lipinski definition) is 0. The van der Waals surface area contributed by atoms with Gasteiger partial charge in [-0.25, -0.2) is 0 Å². The summed E-state index contributed by atoms with van der Waals surface area (Å²) in [6, 6.07) is 18.9. The van der Waals surface area contributed by atoms with Crippen LogP contribution in [0.3, 0.4) is 0 Å². The van der Waals surface area contributed by atoms with Gasteiger partial charge in [0.2, 0.25) is 5.91 Å². The molecule has 1 aromatic heterocycles. The number of thioether (sulfide) groups is 1. The summed E-state index contributed by atoms with van der Waals surface area (Å²) in [4.78, 5) is 27.5. The SMILES string of the molecule is C=CCN(C(=O)CSc1cc(=O)n(C)c2ccccc12)c1ccccc1. The second-order valence-electron chi connectivity index (χ2n) is 5.84. The van der Waals surface area contributed by atoms with E-state index < -0.39 is 0 Å². The molecule has 0 radical (unpaired) electrons. The minimum absolute atomic E-state index is 0.0224. The molecule has 1 heterocycles. The van der Waals surface area contributed by atoms with E-state index in [9.17, 15) is 9.59 Å². The van der Waals surface area contributed by atoms with Crippen LogP contribution in [0.15, 0.2) is 83.0 Å². The predicted molar refractivity (Wildman–Crippen MR) is 109 cm³/mol. The van der Waals surface area contributed by atoms with Gasteiger partial charge in [-0.3, -0.25) is 9.59 Å². The first-order chi connectivity index (χ1) is 12.6. The summed E-state index contributed by atoms with van der Waals surface area (Å²) >= 11 is 1.39. The number of amides is 1. The van der Waals surface area contributed by atoms with E-state index >= 15 is 0 Å². The Kier molecular flexibility index (Phi) is 5.58. The molecule has 26 heavy (non-hydrogen) atoms. The van der Waals surface area contributed by atoms with Gasteiger partial charge in [0.15, 0.2) is 0 Å². The summed E-state index contributed by atoms with van der Waals surface area (Å²) in [5, 5.41) is 0.974. The van der Waals surface area contributed by atoms with Crippen molar-refractivity contribution in [3.63, 3.8) is 0 Å². The molecule has 0 fully saturated rings. The van der Waals surface area contributed by atoms with E-state index in [2.05, 4.69) is 6.58 Å². The number of para-hydroxylation sites is 2. The van der Waals surface area contributed by atoms with Crippen molar-refractivity contribution < 1.29 is 4.79 Å². The van der Waals surface area contributed by atoms with Crippen molar-refractivity contribution in [1.29, 1.82) is 0 Å². The largest absolute Gasteiger partial charge is 0.311 e. The van der Waals surface area contributed by atoms with Crippen LogP contribution in [-0.2, 0) is 11.8 Å². The highest BCUT2D eigenvalue weighted by Gasteiger charge is 2.16. The standard InChI is InChI=1S/C21H20N2O2S/c1-3-13-23(16-9-5-4-6-10-16)21(25)15-26-19-14-20(24)22(2)18-12-8-7-11-17(18)19/h3-12,14H,1,13,15H2,2H3. The number of benzene rings is 2. The number of pyridine rings is 1. The van der Waals surface area contributed by atoms with Gasteiger partial charge in [-0.1, -0.05) is 42.5 Å². The smallest absolute Gasteiger partial charge is 0.251 e. The van der Waals surface area contributed by atoms with Crippen LogP contribution in [0.2, 0.25) is 0 Å². The fourth-order valence-electron chi connectivity index (χ4n) is 2.81. The Morgan fingerprint density at radius 3 is 2.58 bits per heavy atom. The Labute approximate surface area is 156 Å². The molecule has 3 rings (SSSR count). The van der Waals surface area contributed by atoms with Crippen LogP contribution in [0.25, 0.3) is 10.9 Å². The first-order valence-electron chi connectivity index (χ1n) is 8.29. The summed E-state index contributed by atoms with van der Waals surface area (Å²) in [5.41, 5.74) is 1.62. The molecule has 0 aliphatic carbocycles. The molecule has 0 saturated heterocycles. The first-order valence-corrected chi connectivity index (χ1v) is 9.28. The van der Waals surface area contributed by atoms with E-state index in [0.717, 1.165) is 21.5 Å². The zero-order valence-electron chi connectivity index (χ0n) is 14.6. The van der Waals surface area contributed by atoms with Crippen LogP contribution < -0.4 is 10.5 Å². The van der Waals surface area contributed by atoms with Crippen LogP contribution >= 0.6 is 11.8 Å². The molecule has 0 saturated carbocycles. The van der Waals surface area contributed by atoms with Gasteiger partial charge in [0, 0.05) is 35.6 Å². The van der Waals surface area contributed by atoms with E-state index in [4.69, 9.17) is 0 Å². The van der Waals surface area contributed by atoms with Gasteiger partial charge >= 0.3 is 0 Å². The van der Waals surface area contributed by atoms with Crippen LogP contribution in [0.5, 0.6) is 0 Å². The van der Waals surface area contributed by atoms with Gasteiger partial charge in [0.05, 0.1) is 11.3 Å². The third-order valence-electron chi connectivity index (χ3n) is 4.15. The van der Waals surface area contributed by atoms with E-state index in [1.165, 1.54) is 11.8 Å². The van der Waals surface area contributed by atoms with Crippen molar-refractivity contribution in [2.24, 2.45) is 7.05 Å². The summed E-state index contributed by atoms with van der Waals surface area (Å²) < 4.78 is 1.62. The average Bonchev–Trinajstić information content (AvgIpc) is 2.68. The van der Waals surface area contributed by atoms with E-state index in [0.29, 0.717) is 6.54 Å². The highest BCUT2D eigenvalue weighted by molar-refractivity contribution is 8.00. The molecule has 5 heteroatoms. The summed E-state index contributed by atoms with van der Waals surface area (Å²) in [7, 11) is 1.76. The molecular formula is C21H20N2O2S. The second-order valence-corrected chi connectivity index (χ2v) is 6.86. The van der Waals surface area contributed by atoms with Crippen LogP contribution in [0.1, 0.15) is 0 Å². The zero-order valence-corrected chi connectivity index (χ0v) is 15.4. The van der Waals surface area contributed by atoms with Gasteiger partial charge in [0.25, 0.3) is 5.56 Å². The molecule has 1 amide bonds. The Morgan fingerprint density at radius 1 is 1.15 bits per heavy atom. The molecule has 0 N–H and O–H groups in total. The fraction of sp³-hybridized carbons (Fsp3) is 0.143. The molecule has 0 aliphatic rings. The lowest BCUT2D eigenvalue weighted by Crippen LogP contribution is -2.32. The number of carbonyl (C=O) groups excluding carboxylic acids is 1. The van der Waals surface area contributed by atoms with Gasteiger partial charge in [-0.2, -0.15) is 0 Å². The minimum atomic E-state index is -0.0790. The summed E-state index contributed by atoms with van der Waals surface area (Å²) in [6.45, 7) is 4.19. The zero-order chi connectivity index (χ0) is 18.5. The molecule has 0 bridgehead atoms. The average molecular weight is 364 g/mol. The van der Waals surface area contributed by atoms with E-state index in [1.807, 2.05) is 54.6 Å². The minimum Gasteiger partial charge on any atom is -0.311 e. The van der Waals surface area contributed by atoms with Crippen LogP contribution in [0.4, 0.5) is 5.69 Å². The number of fused-ring (bicyclic) bond motifs is 1. The summed E-state index contributed by atoms with van der Waals surface area (Å²) in [5.74, 6) is 0.228. The third kappa shape index (κ3) is 3.73. The lowest BCUT2D eigenvalue weighted by atomic mass is 10.2. The molecule has 2 aromatic carbocycles. The number of aromatic nitrogens is 1. The third-order valence-corrected chi connectivity index (χ3v) is 5.19. The molecule has 132 valence electrons. The van der Waals surface area contributed by atoms with Crippen molar-refractivity contribution in [2.75, 3.05) is 17.2 Å². The quantitative estimate of drug-likeness (QED) is 0.493. The van der Waals surface area contributed by atoms with Crippen molar-refractivity contribution in [1.82, 2.24) is 4.57 Å². The first kappa shape index (κ1) is 18.0. The lowest BCUT2D eigenvalue weighted by molar-refractivity contribution is -0.116. The van der Waals surface area contributed by atoms with Crippen LogP contribution in [0, 0.1) is 0 Å². The molecule has 0 unspecified atom stereocenters. The van der Waals surface area contributed by atoms with Crippen LogP contribution in [-0.4, -0.2) is 22.8 Å². The number of carbonyl (C=O) groups is 1. The predicted octanol–water partition coefficient (Wildman–Crippen LogP) is 3.85. The molecule has 0 atom stereocenters. The van der Waals surface area contributed by atoms with Gasteiger partial charge < -0.3 is 9.47 Å². The maximum atomic E-state index is 12.8. The monoisotopic (exact) mass is 364 g/mol. The molecule has 3 aromatic rings. The molecule has 0 aliphatic heterocycles. The molecule has 4 nitrogen and oxygen atoms in total. The Hall–Kier alpha value is -2.79. The maximum absolute atomic E-state index is 12.8. The maximum Gasteiger partial charge on any atom is 0.251 e. The molecule has 0 spiro atoms. The number of anilines is 1. The Morgan fingerprint density at radius 2 is 1.85 bits per heavy atom. The highest BCUT2D eigenvalue weighted by Crippen LogP contribution is 2.27. The normalized spacial score (nSPS) is 10.7. The van der Waals surface area contributed by atoms with E-state index in [-0.39, 0.29) is 17.2 Å². The Bertz CT molecular complexity index is 996. The Balaban J connectivity index is 1.85. The topological polar surface area (TPSA) is 42.3 Å².